The topological polar surface area (TPSA) is 29.5 Å². The molecule has 3 rings (SSSR count). The summed E-state index contributed by atoms with van der Waals surface area (Å²) in [5.41, 5.74) is 0.234. The van der Waals surface area contributed by atoms with E-state index < -0.39 is 6.10 Å². The van der Waals surface area contributed by atoms with Crippen molar-refractivity contribution in [1.29, 1.82) is 0 Å². The quantitative estimate of drug-likeness (QED) is 0.862. The normalized spacial score (nSPS) is 26.7. The molecule has 21 heavy (non-hydrogen) atoms. The molecule has 1 spiro atoms. The lowest BCUT2D eigenvalue weighted by Gasteiger charge is -2.44. The van der Waals surface area contributed by atoms with E-state index in [0.29, 0.717) is 17.2 Å². The maximum Gasteiger partial charge on any atom is 0.129 e. The highest BCUT2D eigenvalue weighted by Gasteiger charge is 2.41. The molecule has 0 bridgehead atoms. The SMILES string of the molecule is OC(c1cc(Cl)ccc1F)C1CCOC2(CCCCC2)C1. The predicted molar refractivity (Wildman–Crippen MR) is 80.9 cm³/mol. The molecular weight excluding hydrogens is 291 g/mol. The Bertz CT molecular complexity index is 494. The molecule has 1 N–H and O–H groups in total. The Balaban J connectivity index is 1.77. The molecule has 2 fully saturated rings. The second-order valence-electron chi connectivity index (χ2n) is 6.46. The number of halogens is 2. The Morgan fingerprint density at radius 3 is 2.81 bits per heavy atom. The van der Waals surface area contributed by atoms with Gasteiger partial charge in [-0.05, 0) is 49.8 Å². The summed E-state index contributed by atoms with van der Waals surface area (Å²) in [5.74, 6) is -0.332. The van der Waals surface area contributed by atoms with Crippen LogP contribution in [-0.4, -0.2) is 17.3 Å². The van der Waals surface area contributed by atoms with Crippen LogP contribution < -0.4 is 0 Å². The summed E-state index contributed by atoms with van der Waals surface area (Å²) in [6.07, 6.45) is 6.56. The number of benzene rings is 1. The van der Waals surface area contributed by atoms with Crippen LogP contribution in [0.1, 0.15) is 56.6 Å². The minimum atomic E-state index is -0.800. The monoisotopic (exact) mass is 312 g/mol. The first kappa shape index (κ1) is 15.3. The van der Waals surface area contributed by atoms with Gasteiger partial charge in [0.15, 0.2) is 0 Å². The number of aliphatic hydroxyl groups excluding tert-OH is 1. The Morgan fingerprint density at radius 2 is 2.05 bits per heavy atom. The average Bonchev–Trinajstić information content (AvgIpc) is 2.50. The molecule has 1 aliphatic carbocycles. The van der Waals surface area contributed by atoms with Gasteiger partial charge in [-0.25, -0.2) is 4.39 Å². The Hall–Kier alpha value is -0.640. The van der Waals surface area contributed by atoms with Gasteiger partial charge in [0.25, 0.3) is 0 Å². The molecule has 2 nitrogen and oxygen atoms in total. The minimum absolute atomic E-state index is 0.0461. The highest BCUT2D eigenvalue weighted by molar-refractivity contribution is 6.30. The zero-order valence-corrected chi connectivity index (χ0v) is 12.9. The maximum atomic E-state index is 14.0. The van der Waals surface area contributed by atoms with E-state index in [1.165, 1.54) is 31.4 Å². The van der Waals surface area contributed by atoms with Gasteiger partial charge in [0, 0.05) is 17.2 Å². The summed E-state index contributed by atoms with van der Waals surface area (Å²) in [5, 5.41) is 11.1. The molecule has 1 heterocycles. The van der Waals surface area contributed by atoms with Crippen LogP contribution in [0.15, 0.2) is 18.2 Å². The zero-order valence-electron chi connectivity index (χ0n) is 12.2. The van der Waals surface area contributed by atoms with Crippen LogP contribution in [0, 0.1) is 11.7 Å². The molecule has 1 aromatic carbocycles. The van der Waals surface area contributed by atoms with E-state index in [2.05, 4.69) is 0 Å². The van der Waals surface area contributed by atoms with Crippen molar-refractivity contribution in [2.75, 3.05) is 6.61 Å². The van der Waals surface area contributed by atoms with Gasteiger partial charge in [0.05, 0.1) is 11.7 Å². The molecule has 2 atom stereocenters. The highest BCUT2D eigenvalue weighted by Crippen LogP contribution is 2.44. The smallest absolute Gasteiger partial charge is 0.129 e. The van der Waals surface area contributed by atoms with Crippen molar-refractivity contribution >= 4 is 11.6 Å². The molecular formula is C17H22ClFO2. The summed E-state index contributed by atoms with van der Waals surface area (Å²) >= 11 is 5.94. The minimum Gasteiger partial charge on any atom is -0.388 e. The number of ether oxygens (including phenoxy) is 1. The molecule has 4 heteroatoms. The first-order valence-electron chi connectivity index (χ1n) is 7.87. The third-order valence-corrected chi connectivity index (χ3v) is 5.25. The lowest BCUT2D eigenvalue weighted by atomic mass is 9.74. The van der Waals surface area contributed by atoms with Crippen molar-refractivity contribution < 1.29 is 14.2 Å². The molecule has 2 aliphatic rings. The molecule has 1 saturated carbocycles. The van der Waals surface area contributed by atoms with E-state index in [1.54, 1.807) is 6.07 Å². The van der Waals surface area contributed by atoms with Crippen LogP contribution in [-0.2, 0) is 4.74 Å². The summed E-state index contributed by atoms with van der Waals surface area (Å²) in [6, 6.07) is 4.39. The van der Waals surface area contributed by atoms with Crippen LogP contribution in [0.2, 0.25) is 5.02 Å². The van der Waals surface area contributed by atoms with Crippen molar-refractivity contribution in [3.05, 3.63) is 34.6 Å². The Kier molecular flexibility index (Phi) is 4.53. The van der Waals surface area contributed by atoms with E-state index in [0.717, 1.165) is 25.7 Å². The van der Waals surface area contributed by atoms with Gasteiger partial charge in [-0.2, -0.15) is 0 Å². The van der Waals surface area contributed by atoms with Crippen molar-refractivity contribution in [3.63, 3.8) is 0 Å². The van der Waals surface area contributed by atoms with Gasteiger partial charge in [0.1, 0.15) is 5.82 Å². The number of aliphatic hydroxyl groups is 1. The van der Waals surface area contributed by atoms with Gasteiger partial charge in [-0.3, -0.25) is 0 Å². The zero-order chi connectivity index (χ0) is 14.9. The van der Waals surface area contributed by atoms with E-state index in [4.69, 9.17) is 16.3 Å². The first-order valence-corrected chi connectivity index (χ1v) is 8.24. The number of hydrogen-bond donors (Lipinski definition) is 1. The first-order chi connectivity index (χ1) is 10.1. The van der Waals surface area contributed by atoms with Crippen LogP contribution >= 0.6 is 11.6 Å². The van der Waals surface area contributed by atoms with Crippen molar-refractivity contribution in [1.82, 2.24) is 0 Å². The van der Waals surface area contributed by atoms with Crippen LogP contribution in [0.3, 0.4) is 0 Å². The fourth-order valence-corrected chi connectivity index (χ4v) is 4.06. The van der Waals surface area contributed by atoms with E-state index in [1.807, 2.05) is 0 Å². The highest BCUT2D eigenvalue weighted by atomic mass is 35.5. The lowest BCUT2D eigenvalue weighted by Crippen LogP contribution is -2.42. The molecule has 1 aliphatic heterocycles. The van der Waals surface area contributed by atoms with Gasteiger partial charge >= 0.3 is 0 Å². The fourth-order valence-electron chi connectivity index (χ4n) is 3.87. The Morgan fingerprint density at radius 1 is 1.29 bits per heavy atom. The molecule has 1 saturated heterocycles. The Labute approximate surface area is 130 Å². The molecule has 0 aromatic heterocycles. The second-order valence-corrected chi connectivity index (χ2v) is 6.89. The maximum absolute atomic E-state index is 14.0. The van der Waals surface area contributed by atoms with Crippen molar-refractivity contribution in [3.8, 4) is 0 Å². The molecule has 0 radical (unpaired) electrons. The van der Waals surface area contributed by atoms with E-state index >= 15 is 0 Å². The summed E-state index contributed by atoms with van der Waals surface area (Å²) < 4.78 is 20.0. The van der Waals surface area contributed by atoms with Crippen LogP contribution in [0.25, 0.3) is 0 Å². The molecule has 116 valence electrons. The third kappa shape index (κ3) is 3.25. The van der Waals surface area contributed by atoms with Gasteiger partial charge in [0.2, 0.25) is 0 Å². The van der Waals surface area contributed by atoms with Gasteiger partial charge in [-0.1, -0.05) is 30.9 Å². The fraction of sp³-hybridized carbons (Fsp3) is 0.647. The van der Waals surface area contributed by atoms with E-state index in [-0.39, 0.29) is 17.3 Å². The van der Waals surface area contributed by atoms with Gasteiger partial charge in [-0.15, -0.1) is 0 Å². The predicted octanol–water partition coefficient (Wildman–Crippen LogP) is 4.64. The third-order valence-electron chi connectivity index (χ3n) is 5.02. The molecule has 0 amide bonds. The van der Waals surface area contributed by atoms with Crippen LogP contribution in [0.5, 0.6) is 0 Å². The number of hydrogen-bond acceptors (Lipinski definition) is 2. The standard InChI is InChI=1S/C17H22ClFO2/c18-13-4-5-15(19)14(10-13)16(20)12-6-9-21-17(11-12)7-2-1-3-8-17/h4-5,10,12,16,20H,1-3,6-9,11H2. The second kappa shape index (κ2) is 6.23. The van der Waals surface area contributed by atoms with E-state index in [9.17, 15) is 9.50 Å². The summed E-state index contributed by atoms with van der Waals surface area (Å²) in [4.78, 5) is 0. The van der Waals surface area contributed by atoms with Crippen molar-refractivity contribution in [2.24, 2.45) is 5.92 Å². The average molecular weight is 313 g/mol. The summed E-state index contributed by atoms with van der Waals surface area (Å²) in [7, 11) is 0. The largest absolute Gasteiger partial charge is 0.388 e. The molecule has 1 aromatic rings. The summed E-state index contributed by atoms with van der Waals surface area (Å²) in [6.45, 7) is 0.657. The molecule has 2 unspecified atom stereocenters. The lowest BCUT2D eigenvalue weighted by molar-refractivity contribution is -0.134. The number of rotatable bonds is 2. The van der Waals surface area contributed by atoms with Gasteiger partial charge < -0.3 is 9.84 Å². The van der Waals surface area contributed by atoms with Crippen LogP contribution in [0.4, 0.5) is 4.39 Å². The van der Waals surface area contributed by atoms with Crippen molar-refractivity contribution in [2.45, 2.75) is 56.7 Å².